The summed E-state index contributed by atoms with van der Waals surface area (Å²) in [4.78, 5) is 33.4. The summed E-state index contributed by atoms with van der Waals surface area (Å²) < 4.78 is 53.2. The Morgan fingerprint density at radius 3 is 2.35 bits per heavy atom. The monoisotopic (exact) mass is 995 g/mol. The fourth-order valence-electron chi connectivity index (χ4n) is 10.2. The van der Waals surface area contributed by atoms with Crippen LogP contribution in [0.4, 0.5) is 14.9 Å². The zero-order chi connectivity index (χ0) is 50.7. The fraction of sp³-hybridized carbons (Fsp3) is 0.455. The zero-order valence-corrected chi connectivity index (χ0v) is 40.6. The second-order valence-electron chi connectivity index (χ2n) is 18.0. The zero-order valence-electron chi connectivity index (χ0n) is 40.6. The third kappa shape index (κ3) is 13.4. The predicted octanol–water partition coefficient (Wildman–Crippen LogP) is 8.81. The Labute approximate surface area is 419 Å². The molecule has 1 heterocycles. The van der Waals surface area contributed by atoms with Crippen LogP contribution in [-0.4, -0.2) is 108 Å². The summed E-state index contributed by atoms with van der Waals surface area (Å²) in [6, 6.07) is 26.6. The van der Waals surface area contributed by atoms with E-state index in [4.69, 9.17) is 38.4 Å². The number of carbonyl (C=O) groups is 1. The lowest BCUT2D eigenvalue weighted by atomic mass is 9.55. The van der Waals surface area contributed by atoms with Gasteiger partial charge in [-0.2, -0.15) is 0 Å². The standard InChI is InChI=1S/C55H66FN3O13/c1-2-28-70-55-51(58(24-29-66-30-27-62)54(63)68-32-31-67-36-39-12-4-3-5-13-39)35-49(57-71-37-40-18-20-43(21-19-40)59(64)65)46-33-41(14-8-10-25-60)45(16-9-11-26-61)52(53(46)55)47-34-44(22-23-50(47)72-55)69-38-42-15-6-7-17-48(42)56/h2-7,12-13,15,17-23,33-34,41,45,51-53,60-62H,1,8-11,14,16,24-32,35-38H2. The smallest absolute Gasteiger partial charge is 0.410 e. The van der Waals surface area contributed by atoms with Gasteiger partial charge >= 0.3 is 6.09 Å². The van der Waals surface area contributed by atoms with Gasteiger partial charge in [-0.25, -0.2) is 9.18 Å². The van der Waals surface area contributed by atoms with Crippen LogP contribution in [0.5, 0.6) is 11.5 Å². The number of amides is 1. The first kappa shape index (κ1) is 53.6. The lowest BCUT2D eigenvalue weighted by molar-refractivity contribution is -0.384. The lowest BCUT2D eigenvalue weighted by Crippen LogP contribution is -2.70. The van der Waals surface area contributed by atoms with Gasteiger partial charge in [0.25, 0.3) is 5.69 Å². The van der Waals surface area contributed by atoms with Crippen molar-refractivity contribution in [3.8, 4) is 11.5 Å². The van der Waals surface area contributed by atoms with Crippen LogP contribution >= 0.6 is 0 Å². The number of aliphatic hydroxyl groups is 3. The molecule has 7 rings (SSSR count). The van der Waals surface area contributed by atoms with E-state index in [1.807, 2.05) is 42.5 Å². The van der Waals surface area contributed by atoms with E-state index in [0.717, 1.165) is 23.1 Å². The van der Waals surface area contributed by atoms with E-state index >= 15 is 0 Å². The van der Waals surface area contributed by atoms with Crippen molar-refractivity contribution in [1.82, 2.24) is 4.90 Å². The summed E-state index contributed by atoms with van der Waals surface area (Å²) in [6.07, 6.45) is 7.15. The van der Waals surface area contributed by atoms with Crippen molar-refractivity contribution in [2.45, 2.75) is 82.5 Å². The number of halogens is 1. The van der Waals surface area contributed by atoms with Gasteiger partial charge in [0.1, 0.15) is 43.2 Å². The average Bonchev–Trinajstić information content (AvgIpc) is 3.39. The van der Waals surface area contributed by atoms with Crippen molar-refractivity contribution in [1.29, 1.82) is 0 Å². The molecule has 4 aromatic carbocycles. The molecular formula is C55H66FN3O13. The van der Waals surface area contributed by atoms with Gasteiger partial charge in [0.15, 0.2) is 0 Å². The number of unbranched alkanes of at least 4 members (excludes halogenated alkanes) is 2. The van der Waals surface area contributed by atoms with E-state index in [9.17, 15) is 34.6 Å². The van der Waals surface area contributed by atoms with Crippen molar-refractivity contribution in [3.05, 3.63) is 160 Å². The number of rotatable bonds is 29. The maximum atomic E-state index is 14.9. The number of ether oxygens (including phenoxy) is 6. The Bertz CT molecular complexity index is 2440. The van der Waals surface area contributed by atoms with Crippen LogP contribution in [0.1, 0.15) is 73.1 Å². The molecule has 2 aliphatic carbocycles. The van der Waals surface area contributed by atoms with Gasteiger partial charge in [0, 0.05) is 55.4 Å². The number of fused-ring (bicyclic) bond motifs is 2. The van der Waals surface area contributed by atoms with Crippen LogP contribution in [0, 0.1) is 33.7 Å². The number of nitrogens with zero attached hydrogens (tertiary/aromatic N) is 3. The molecule has 0 saturated heterocycles. The molecule has 3 N–H and O–H groups in total. The van der Waals surface area contributed by atoms with Crippen molar-refractivity contribution in [3.63, 3.8) is 0 Å². The van der Waals surface area contributed by atoms with Gasteiger partial charge < -0.3 is 48.6 Å². The summed E-state index contributed by atoms with van der Waals surface area (Å²) >= 11 is 0. The highest BCUT2D eigenvalue weighted by molar-refractivity contribution is 6.03. The summed E-state index contributed by atoms with van der Waals surface area (Å²) in [5, 5.41) is 45.9. The maximum Gasteiger partial charge on any atom is 0.410 e. The molecule has 386 valence electrons. The molecule has 1 fully saturated rings. The van der Waals surface area contributed by atoms with Gasteiger partial charge in [-0.1, -0.05) is 78.7 Å². The number of nitro groups is 1. The second-order valence-corrected chi connectivity index (χ2v) is 18.0. The number of non-ortho nitro benzene ring substituents is 1. The number of carbonyl (C=O) groups excluding carboxylic acids is 1. The molecule has 72 heavy (non-hydrogen) atoms. The van der Waals surface area contributed by atoms with E-state index < -0.39 is 34.7 Å². The second kappa shape index (κ2) is 27.0. The van der Waals surface area contributed by atoms with Crippen LogP contribution in [-0.2, 0) is 43.6 Å². The van der Waals surface area contributed by atoms with Crippen LogP contribution in [0.25, 0.3) is 0 Å². The normalized spacial score (nSPS) is 21.4. The van der Waals surface area contributed by atoms with Crippen molar-refractivity contribution in [2.75, 3.05) is 59.4 Å². The fourth-order valence-corrected chi connectivity index (χ4v) is 10.2. The molecule has 3 aliphatic rings. The highest BCUT2D eigenvalue weighted by atomic mass is 19.1. The predicted molar refractivity (Wildman–Crippen MR) is 266 cm³/mol. The van der Waals surface area contributed by atoms with E-state index in [0.29, 0.717) is 67.0 Å². The minimum absolute atomic E-state index is 0.00883. The third-order valence-electron chi connectivity index (χ3n) is 13.4. The SMILES string of the molecule is C=CCOC12Oc3ccc(OCc4ccccc4F)cc3C3C(CCCCO)C(CCCCO)C=C(C(=NOCc4ccc([N+](=O)[O-])cc4)CC1N(CCOCCO)C(=O)OCCOCc1ccccc1)C32. The van der Waals surface area contributed by atoms with E-state index in [-0.39, 0.29) is 102 Å². The van der Waals surface area contributed by atoms with Crippen LogP contribution in [0.15, 0.2) is 127 Å². The highest BCUT2D eigenvalue weighted by Crippen LogP contribution is 2.62. The summed E-state index contributed by atoms with van der Waals surface area (Å²) in [6.45, 7) is 4.15. The molecule has 0 bridgehead atoms. The van der Waals surface area contributed by atoms with Gasteiger partial charge in [0.2, 0.25) is 5.79 Å². The molecule has 1 aliphatic heterocycles. The summed E-state index contributed by atoms with van der Waals surface area (Å²) in [5.74, 6) is -2.30. The van der Waals surface area contributed by atoms with Gasteiger partial charge in [-0.05, 0) is 90.6 Å². The number of hydrogen-bond acceptors (Lipinski definition) is 14. The molecule has 16 nitrogen and oxygen atoms in total. The quantitative estimate of drug-likeness (QED) is 0.0202. The maximum absolute atomic E-state index is 14.9. The average molecular weight is 996 g/mol. The molecule has 6 unspecified atom stereocenters. The molecule has 6 atom stereocenters. The number of oxime groups is 1. The number of allylic oxidation sites excluding steroid dienone is 1. The summed E-state index contributed by atoms with van der Waals surface area (Å²) in [5.41, 5.74) is 4.02. The molecule has 0 aromatic heterocycles. The molecule has 1 saturated carbocycles. The Balaban J connectivity index is 1.36. The molecule has 1 amide bonds. The van der Waals surface area contributed by atoms with Crippen molar-refractivity contribution in [2.24, 2.45) is 22.9 Å². The van der Waals surface area contributed by atoms with Gasteiger partial charge in [-0.3, -0.25) is 15.0 Å². The Hall–Kier alpha value is -6.21. The number of aliphatic hydroxyl groups excluding tert-OH is 3. The van der Waals surface area contributed by atoms with Crippen LogP contribution in [0.2, 0.25) is 0 Å². The van der Waals surface area contributed by atoms with Gasteiger partial charge in [0.05, 0.1) is 56.2 Å². The van der Waals surface area contributed by atoms with E-state index in [1.165, 1.54) is 23.1 Å². The number of nitro benzene ring substituents is 1. The first-order valence-corrected chi connectivity index (χ1v) is 24.7. The topological polar surface area (TPSA) is 201 Å². The third-order valence-corrected chi connectivity index (χ3v) is 13.4. The molecule has 4 aromatic rings. The highest BCUT2D eigenvalue weighted by Gasteiger charge is 2.65. The first-order valence-electron chi connectivity index (χ1n) is 24.7. The number of hydrogen-bond donors (Lipinski definition) is 3. The van der Waals surface area contributed by atoms with Crippen LogP contribution < -0.4 is 9.47 Å². The first-order chi connectivity index (χ1) is 35.2. The number of benzene rings is 4. The van der Waals surface area contributed by atoms with Crippen LogP contribution in [0.3, 0.4) is 0 Å². The lowest BCUT2D eigenvalue weighted by Gasteiger charge is -2.59. The van der Waals surface area contributed by atoms with Crippen molar-refractivity contribution < 1.29 is 62.7 Å². The Morgan fingerprint density at radius 2 is 1.61 bits per heavy atom. The minimum atomic E-state index is -1.63. The summed E-state index contributed by atoms with van der Waals surface area (Å²) in [7, 11) is 0. The molecular weight excluding hydrogens is 930 g/mol. The largest absolute Gasteiger partial charge is 0.489 e. The molecule has 0 radical (unpaired) electrons. The minimum Gasteiger partial charge on any atom is -0.489 e. The van der Waals surface area contributed by atoms with Crippen molar-refractivity contribution >= 4 is 17.5 Å². The van der Waals surface area contributed by atoms with E-state index in [1.54, 1.807) is 42.5 Å². The van der Waals surface area contributed by atoms with Gasteiger partial charge in [-0.15, -0.1) is 6.58 Å². The molecule has 17 heteroatoms. The molecule has 0 spiro atoms. The Kier molecular flexibility index (Phi) is 20.1. The Morgan fingerprint density at radius 1 is 0.861 bits per heavy atom. The van der Waals surface area contributed by atoms with E-state index in [2.05, 4.69) is 12.7 Å².